The minimum absolute atomic E-state index is 0. The van der Waals surface area contributed by atoms with Crippen molar-refractivity contribution >= 4 is 0 Å². The van der Waals surface area contributed by atoms with Gasteiger partial charge in [-0.2, -0.15) is 0 Å². The van der Waals surface area contributed by atoms with Crippen molar-refractivity contribution in [1.29, 1.82) is 0 Å². The lowest BCUT2D eigenvalue weighted by atomic mass is 10.1. The van der Waals surface area contributed by atoms with Crippen molar-refractivity contribution in [3.63, 3.8) is 0 Å². The summed E-state index contributed by atoms with van der Waals surface area (Å²) >= 11 is 0. The monoisotopic (exact) mass is 387 g/mol. The summed E-state index contributed by atoms with van der Waals surface area (Å²) in [4.78, 5) is 1.33. The van der Waals surface area contributed by atoms with Gasteiger partial charge in [-0.1, -0.05) is 76.9 Å². The molecule has 27 heavy (non-hydrogen) atoms. The third-order valence-electron chi connectivity index (χ3n) is 5.22. The molecule has 0 amide bonds. The molecule has 0 spiro atoms. The van der Waals surface area contributed by atoms with Crippen LogP contribution in [0.1, 0.15) is 103 Å². The fraction of sp³-hybridized carbons (Fsp3) is 0.913. The van der Waals surface area contributed by atoms with Crippen molar-refractivity contribution in [1.82, 2.24) is 0 Å². The molecule has 0 aliphatic heterocycles. The number of quaternary nitrogens is 1. The van der Waals surface area contributed by atoms with Crippen molar-refractivity contribution in [3.8, 4) is 0 Å². The summed E-state index contributed by atoms with van der Waals surface area (Å²) in [5.74, 6) is 0. The van der Waals surface area contributed by atoms with Gasteiger partial charge >= 0.3 is 0 Å². The van der Waals surface area contributed by atoms with Crippen LogP contribution in [-0.4, -0.2) is 48.5 Å². The lowest BCUT2D eigenvalue weighted by Gasteiger charge is -2.17. The Morgan fingerprint density at radius 3 is 1.41 bits per heavy atom. The van der Waals surface area contributed by atoms with Gasteiger partial charge in [-0.15, -0.1) is 0 Å². The smallest absolute Gasteiger partial charge is 0.101 e. The van der Waals surface area contributed by atoms with E-state index in [9.17, 15) is 0 Å². The van der Waals surface area contributed by atoms with Crippen molar-refractivity contribution in [2.24, 2.45) is 0 Å². The maximum absolute atomic E-state index is 9.00. The summed E-state index contributed by atoms with van der Waals surface area (Å²) in [6.07, 6.45) is 25.0. The van der Waals surface area contributed by atoms with E-state index in [-0.39, 0.29) is 18.7 Å². The molecule has 0 aliphatic carbocycles. The Morgan fingerprint density at radius 1 is 0.556 bits per heavy atom. The highest BCUT2D eigenvalue weighted by molar-refractivity contribution is 4.81. The predicted molar refractivity (Wildman–Crippen MR) is 116 cm³/mol. The standard InChI is InChI=1S/C23H47NO2.H2O/c1-2-3-4-5-6-7-8-9-10-11-12-13-14-15-16-17-18-19-24(20-22-25)21-23-26;/h10-11,25-26H,2-9,12-23H2,1H3;1H2/b11-10-;. The van der Waals surface area contributed by atoms with Crippen molar-refractivity contribution in [3.05, 3.63) is 12.2 Å². The van der Waals surface area contributed by atoms with Crippen LogP contribution in [0.3, 0.4) is 0 Å². The molecule has 0 saturated carbocycles. The molecule has 4 heteroatoms. The van der Waals surface area contributed by atoms with Crippen LogP contribution in [-0.2, 0) is 0 Å². The van der Waals surface area contributed by atoms with Crippen molar-refractivity contribution in [2.45, 2.75) is 103 Å². The van der Waals surface area contributed by atoms with E-state index in [2.05, 4.69) is 19.1 Å². The highest BCUT2D eigenvalue weighted by atomic mass is 16.3. The summed E-state index contributed by atoms with van der Waals surface area (Å²) in [7, 11) is 0. The number of hydrogen-bond acceptors (Lipinski definition) is 3. The topological polar surface area (TPSA) is 74.9 Å². The van der Waals surface area contributed by atoms with E-state index in [1.165, 1.54) is 101 Å². The average molecular weight is 388 g/mol. The molecule has 0 radical (unpaired) electrons. The number of nitrogens with one attached hydrogen (secondary N) is 1. The SMILES string of the molecule is CCCCCCCCC/C=C\CCCCCCCC[NH+](CCO)CCO.[OH-]. The first kappa shape index (κ1) is 28.8. The lowest BCUT2D eigenvalue weighted by Crippen LogP contribution is -3.13. The van der Waals surface area contributed by atoms with Gasteiger partial charge in [0.2, 0.25) is 0 Å². The van der Waals surface area contributed by atoms with Gasteiger partial charge in [0.05, 0.1) is 19.8 Å². The zero-order chi connectivity index (χ0) is 19.1. The predicted octanol–water partition coefficient (Wildman–Crippen LogP) is 4.11. The van der Waals surface area contributed by atoms with E-state index in [4.69, 9.17) is 10.2 Å². The highest BCUT2D eigenvalue weighted by Gasteiger charge is 2.05. The number of rotatable bonds is 21. The van der Waals surface area contributed by atoms with Crippen molar-refractivity contribution < 1.29 is 20.6 Å². The first-order valence-corrected chi connectivity index (χ1v) is 11.6. The summed E-state index contributed by atoms with van der Waals surface area (Å²) < 4.78 is 0. The Balaban J connectivity index is 0. The third-order valence-corrected chi connectivity index (χ3v) is 5.22. The van der Waals surface area contributed by atoms with Gasteiger partial charge in [-0.05, 0) is 38.5 Å². The third kappa shape index (κ3) is 23.5. The van der Waals surface area contributed by atoms with Gasteiger partial charge in [0.15, 0.2) is 0 Å². The molecule has 0 aliphatic rings. The quantitative estimate of drug-likeness (QED) is 0.205. The van der Waals surface area contributed by atoms with Crippen LogP contribution in [0.5, 0.6) is 0 Å². The Kier molecular flexibility index (Phi) is 27.3. The average Bonchev–Trinajstić information content (AvgIpc) is 2.64. The normalized spacial score (nSPS) is 11.4. The van der Waals surface area contributed by atoms with Crippen LogP contribution in [0.4, 0.5) is 0 Å². The van der Waals surface area contributed by atoms with Gasteiger partial charge in [0, 0.05) is 0 Å². The number of allylic oxidation sites excluding steroid dienone is 2. The molecule has 0 aromatic rings. The molecule has 0 bridgehead atoms. The van der Waals surface area contributed by atoms with E-state index in [0.29, 0.717) is 0 Å². The number of aliphatic hydroxyl groups excluding tert-OH is 2. The Hall–Kier alpha value is -0.420. The molecule has 0 fully saturated rings. The molecule has 4 N–H and O–H groups in total. The van der Waals surface area contributed by atoms with E-state index < -0.39 is 0 Å². The molecule has 0 rings (SSSR count). The highest BCUT2D eigenvalue weighted by Crippen LogP contribution is 2.10. The maximum atomic E-state index is 9.00. The first-order valence-electron chi connectivity index (χ1n) is 11.6. The van der Waals surface area contributed by atoms with Crippen LogP contribution in [0.25, 0.3) is 0 Å². The Morgan fingerprint density at radius 2 is 0.963 bits per heavy atom. The fourth-order valence-electron chi connectivity index (χ4n) is 3.49. The Labute approximate surface area is 169 Å². The van der Waals surface area contributed by atoms with Crippen LogP contribution >= 0.6 is 0 Å². The molecule has 0 aromatic heterocycles. The van der Waals surface area contributed by atoms with Crippen LogP contribution in [0.2, 0.25) is 0 Å². The fourth-order valence-corrected chi connectivity index (χ4v) is 3.49. The zero-order valence-electron chi connectivity index (χ0n) is 18.1. The van der Waals surface area contributed by atoms with Crippen LogP contribution in [0.15, 0.2) is 12.2 Å². The van der Waals surface area contributed by atoms with Gasteiger partial charge < -0.3 is 20.6 Å². The Bertz CT molecular complexity index is 279. The summed E-state index contributed by atoms with van der Waals surface area (Å²) in [5.41, 5.74) is 0. The summed E-state index contributed by atoms with van der Waals surface area (Å²) in [6, 6.07) is 0. The first-order chi connectivity index (χ1) is 12.8. The van der Waals surface area contributed by atoms with E-state index in [0.717, 1.165) is 19.6 Å². The second-order valence-corrected chi connectivity index (χ2v) is 7.74. The minimum Gasteiger partial charge on any atom is -0.870 e. The zero-order valence-corrected chi connectivity index (χ0v) is 18.1. The minimum atomic E-state index is 0. The second kappa shape index (κ2) is 25.6. The molecule has 164 valence electrons. The lowest BCUT2D eigenvalue weighted by molar-refractivity contribution is -0.901. The molecule has 0 heterocycles. The molecule has 0 saturated heterocycles. The summed E-state index contributed by atoms with van der Waals surface area (Å²) in [5, 5.41) is 18.0. The molecule has 0 atom stereocenters. The molecular weight excluding hydrogens is 338 g/mol. The maximum Gasteiger partial charge on any atom is 0.101 e. The largest absolute Gasteiger partial charge is 0.870 e. The van der Waals surface area contributed by atoms with Gasteiger partial charge in [-0.3, -0.25) is 0 Å². The molecule has 4 nitrogen and oxygen atoms in total. The molecular formula is C23H49NO3. The van der Waals surface area contributed by atoms with Crippen LogP contribution in [0, 0.1) is 0 Å². The number of unbranched alkanes of at least 4 members (excludes halogenated alkanes) is 13. The number of aliphatic hydroxyl groups is 2. The van der Waals surface area contributed by atoms with E-state index in [1.807, 2.05) is 0 Å². The van der Waals surface area contributed by atoms with E-state index >= 15 is 0 Å². The van der Waals surface area contributed by atoms with Crippen molar-refractivity contribution in [2.75, 3.05) is 32.8 Å². The number of hydrogen-bond donors (Lipinski definition) is 3. The summed E-state index contributed by atoms with van der Waals surface area (Å²) in [6.45, 7) is 5.35. The van der Waals surface area contributed by atoms with Gasteiger partial charge in [0.25, 0.3) is 0 Å². The van der Waals surface area contributed by atoms with Gasteiger partial charge in [0.1, 0.15) is 13.1 Å². The molecule has 0 unspecified atom stereocenters. The second-order valence-electron chi connectivity index (χ2n) is 7.74. The van der Waals surface area contributed by atoms with Gasteiger partial charge in [-0.25, -0.2) is 0 Å². The van der Waals surface area contributed by atoms with E-state index in [1.54, 1.807) is 0 Å². The van der Waals surface area contributed by atoms with Crippen LogP contribution < -0.4 is 4.90 Å². The molecule has 0 aromatic carbocycles.